The fraction of sp³-hybridized carbons (Fsp3) is 0.111. The van der Waals surface area contributed by atoms with Crippen molar-refractivity contribution in [1.82, 2.24) is 0 Å². The molecule has 2 aromatic rings. The van der Waals surface area contributed by atoms with Gasteiger partial charge in [0.2, 0.25) is 5.78 Å². The van der Waals surface area contributed by atoms with Crippen LogP contribution < -0.4 is 0 Å². The molecule has 1 unspecified atom stereocenters. The van der Waals surface area contributed by atoms with Crippen molar-refractivity contribution in [2.75, 3.05) is 0 Å². The first-order chi connectivity index (χ1) is 13.1. The zero-order valence-electron chi connectivity index (χ0n) is 14.3. The molecule has 0 spiro atoms. The van der Waals surface area contributed by atoms with Gasteiger partial charge >= 0.3 is 5.97 Å². The number of aliphatic carboxylic acids is 1. The fourth-order valence-corrected chi connectivity index (χ4v) is 3.59. The van der Waals surface area contributed by atoms with Crippen molar-refractivity contribution in [3.8, 4) is 0 Å². The van der Waals surface area contributed by atoms with Gasteiger partial charge in [-0.05, 0) is 41.8 Å². The molecule has 28 heavy (non-hydrogen) atoms. The first kappa shape index (κ1) is 19.9. The quantitative estimate of drug-likeness (QED) is 0.439. The Morgan fingerprint density at radius 1 is 1.21 bits per heavy atom. The predicted octanol–water partition coefficient (Wildman–Crippen LogP) is 3.77. The van der Waals surface area contributed by atoms with Gasteiger partial charge in [0, 0.05) is 5.02 Å². The summed E-state index contributed by atoms with van der Waals surface area (Å²) in [6.45, 7) is 1.54. The van der Waals surface area contributed by atoms with E-state index in [0.717, 1.165) is 6.07 Å². The zero-order chi connectivity index (χ0) is 20.6. The van der Waals surface area contributed by atoms with Crippen molar-refractivity contribution in [1.29, 1.82) is 0 Å². The van der Waals surface area contributed by atoms with Crippen LogP contribution in [0.1, 0.15) is 22.7 Å². The summed E-state index contributed by atoms with van der Waals surface area (Å²) in [5, 5.41) is 17.1. The van der Waals surface area contributed by atoms with Crippen molar-refractivity contribution in [3.63, 3.8) is 0 Å². The number of carbonyl (C=O) groups excluding carboxylic acids is 1. The van der Waals surface area contributed by atoms with E-state index >= 15 is 0 Å². The van der Waals surface area contributed by atoms with E-state index in [1.54, 1.807) is 31.2 Å². The SMILES string of the molecule is Cc1cc(S(=O)(=O)O)c(N=NC2C(=O)C(C(=O)O)=Cc3ccccc32)cc1Cl. The molecule has 0 saturated heterocycles. The topological polar surface area (TPSA) is 133 Å². The molecule has 10 heteroatoms. The van der Waals surface area contributed by atoms with Gasteiger partial charge in [-0.1, -0.05) is 35.9 Å². The van der Waals surface area contributed by atoms with E-state index in [1.807, 2.05) is 0 Å². The molecule has 144 valence electrons. The fourth-order valence-electron chi connectivity index (χ4n) is 2.74. The third-order valence-corrected chi connectivity index (χ3v) is 5.42. The Hall–Kier alpha value is -2.88. The van der Waals surface area contributed by atoms with Crippen LogP contribution in [0.2, 0.25) is 5.02 Å². The van der Waals surface area contributed by atoms with E-state index in [1.165, 1.54) is 12.1 Å². The van der Waals surface area contributed by atoms with E-state index in [9.17, 15) is 27.7 Å². The van der Waals surface area contributed by atoms with Crippen molar-refractivity contribution in [2.24, 2.45) is 10.2 Å². The summed E-state index contributed by atoms with van der Waals surface area (Å²) in [7, 11) is -4.63. The summed E-state index contributed by atoms with van der Waals surface area (Å²) in [5.41, 5.74) is 0.575. The average molecular weight is 421 g/mol. The number of rotatable bonds is 4. The second-order valence-electron chi connectivity index (χ2n) is 6.02. The summed E-state index contributed by atoms with van der Waals surface area (Å²) in [4.78, 5) is 23.4. The van der Waals surface area contributed by atoms with Gasteiger partial charge in [0.1, 0.15) is 16.2 Å². The van der Waals surface area contributed by atoms with Gasteiger partial charge in [-0.15, -0.1) is 0 Å². The molecule has 8 nitrogen and oxygen atoms in total. The Morgan fingerprint density at radius 2 is 1.89 bits per heavy atom. The Labute approximate surface area is 164 Å². The average Bonchev–Trinajstić information content (AvgIpc) is 2.61. The molecule has 0 radical (unpaired) electrons. The molecule has 0 aliphatic heterocycles. The third-order valence-electron chi connectivity index (χ3n) is 4.13. The van der Waals surface area contributed by atoms with Gasteiger partial charge in [0.05, 0.1) is 0 Å². The number of nitrogens with zero attached hydrogens (tertiary/aromatic N) is 2. The second kappa shape index (κ2) is 7.27. The molecule has 0 fully saturated rings. The Balaban J connectivity index is 2.13. The predicted molar refractivity (Wildman–Crippen MR) is 100 cm³/mol. The summed E-state index contributed by atoms with van der Waals surface area (Å²) in [6, 6.07) is 7.59. The van der Waals surface area contributed by atoms with Gasteiger partial charge in [0.15, 0.2) is 6.04 Å². The van der Waals surface area contributed by atoms with Crippen LogP contribution in [0, 0.1) is 6.92 Å². The maximum absolute atomic E-state index is 12.6. The number of hydrogen-bond donors (Lipinski definition) is 2. The Kier molecular flexibility index (Phi) is 5.16. The standard InChI is InChI=1S/C18H13ClN2O6S/c1-9-6-15(28(25,26)27)14(8-13(9)19)20-21-16-11-5-3-2-4-10(11)7-12(17(16)22)18(23)24/h2-8,16H,1H3,(H,23,24)(H,25,26,27). The molecule has 0 saturated carbocycles. The van der Waals surface area contributed by atoms with E-state index in [-0.39, 0.29) is 10.7 Å². The van der Waals surface area contributed by atoms with Crippen molar-refractivity contribution in [2.45, 2.75) is 17.9 Å². The lowest BCUT2D eigenvalue weighted by molar-refractivity contribution is -0.134. The Morgan fingerprint density at radius 3 is 2.54 bits per heavy atom. The maximum Gasteiger partial charge on any atom is 0.339 e. The van der Waals surface area contributed by atoms with Crippen LogP contribution in [0.3, 0.4) is 0 Å². The van der Waals surface area contributed by atoms with Crippen LogP contribution in [0.5, 0.6) is 0 Å². The van der Waals surface area contributed by atoms with Gasteiger partial charge in [-0.25, -0.2) is 4.79 Å². The number of azo groups is 1. The van der Waals surface area contributed by atoms with Crippen molar-refractivity contribution >= 4 is 45.2 Å². The van der Waals surface area contributed by atoms with Crippen LogP contribution >= 0.6 is 11.6 Å². The molecule has 0 amide bonds. The highest BCUT2D eigenvalue weighted by Crippen LogP contribution is 2.35. The number of carboxylic acid groups (broad SMARTS) is 1. The zero-order valence-corrected chi connectivity index (χ0v) is 15.9. The van der Waals surface area contributed by atoms with E-state index in [2.05, 4.69) is 10.2 Å². The first-order valence-electron chi connectivity index (χ1n) is 7.86. The van der Waals surface area contributed by atoms with Crippen LogP contribution in [0.15, 0.2) is 57.1 Å². The van der Waals surface area contributed by atoms with Gasteiger partial charge in [-0.3, -0.25) is 9.35 Å². The number of aryl methyl sites for hydroxylation is 1. The minimum Gasteiger partial charge on any atom is -0.478 e. The summed E-state index contributed by atoms with van der Waals surface area (Å²) in [5.74, 6) is -2.20. The van der Waals surface area contributed by atoms with Gasteiger partial charge in [-0.2, -0.15) is 18.6 Å². The molecule has 0 aromatic heterocycles. The molecule has 3 rings (SSSR count). The van der Waals surface area contributed by atoms with E-state index < -0.39 is 38.4 Å². The van der Waals surface area contributed by atoms with Crippen LogP contribution in [-0.4, -0.2) is 29.8 Å². The molecular weight excluding hydrogens is 408 g/mol. The molecule has 2 N–H and O–H groups in total. The van der Waals surface area contributed by atoms with E-state index in [4.69, 9.17) is 11.6 Å². The van der Waals surface area contributed by atoms with Gasteiger partial charge in [0.25, 0.3) is 10.1 Å². The number of carbonyl (C=O) groups is 2. The van der Waals surface area contributed by atoms with Gasteiger partial charge < -0.3 is 5.11 Å². The highest BCUT2D eigenvalue weighted by atomic mass is 35.5. The molecule has 0 bridgehead atoms. The van der Waals surface area contributed by atoms with Crippen molar-refractivity contribution < 1.29 is 27.7 Å². The number of halogens is 1. The molecule has 1 aliphatic rings. The number of benzene rings is 2. The van der Waals surface area contributed by atoms with E-state index in [0.29, 0.717) is 16.7 Å². The number of hydrogen-bond acceptors (Lipinski definition) is 6. The van der Waals surface area contributed by atoms with Crippen molar-refractivity contribution in [3.05, 3.63) is 63.7 Å². The second-order valence-corrected chi connectivity index (χ2v) is 7.82. The lowest BCUT2D eigenvalue weighted by atomic mass is 9.87. The monoisotopic (exact) mass is 420 g/mol. The van der Waals surface area contributed by atoms with Crippen LogP contribution in [0.25, 0.3) is 6.08 Å². The summed E-state index contributed by atoms with van der Waals surface area (Å²) < 4.78 is 32.7. The molecule has 1 aliphatic carbocycles. The highest BCUT2D eigenvalue weighted by Gasteiger charge is 2.33. The minimum absolute atomic E-state index is 0.183. The summed E-state index contributed by atoms with van der Waals surface area (Å²) in [6.07, 6.45) is 1.25. The number of carboxylic acids is 1. The first-order valence-corrected chi connectivity index (χ1v) is 9.68. The number of Topliss-reactive ketones (excluding diaryl/α,β-unsaturated/α-hetero) is 1. The Bertz CT molecular complexity index is 1170. The largest absolute Gasteiger partial charge is 0.478 e. The normalized spacial score (nSPS) is 16.8. The maximum atomic E-state index is 12.6. The van der Waals surface area contributed by atoms with Crippen LogP contribution in [0.4, 0.5) is 5.69 Å². The third kappa shape index (κ3) is 3.72. The lowest BCUT2D eigenvalue weighted by Crippen LogP contribution is -2.22. The lowest BCUT2D eigenvalue weighted by Gasteiger charge is -2.19. The highest BCUT2D eigenvalue weighted by molar-refractivity contribution is 7.86. The molecular formula is C18H13ClN2O6S. The molecule has 1 atom stereocenters. The minimum atomic E-state index is -4.63. The molecule has 2 aromatic carbocycles. The number of fused-ring (bicyclic) bond motifs is 1. The summed E-state index contributed by atoms with van der Waals surface area (Å²) >= 11 is 6.00. The number of ketones is 1. The smallest absolute Gasteiger partial charge is 0.339 e. The molecule has 0 heterocycles. The van der Waals surface area contributed by atoms with Crippen LogP contribution in [-0.2, 0) is 19.7 Å².